The van der Waals surface area contributed by atoms with E-state index >= 15 is 0 Å². The maximum Gasteiger partial charge on any atom is 0.129 e. The summed E-state index contributed by atoms with van der Waals surface area (Å²) >= 11 is 3.50. The quantitative estimate of drug-likeness (QED) is 0.439. The predicted octanol–water partition coefficient (Wildman–Crippen LogP) is 3.57. The standard InChI is InChI=1S/C12H16BrNSi/c1-9-7-11(13)10(12(14)8-9)5-6-15(2,3)4/h7-8H,14H2,1-4H3. The van der Waals surface area contributed by atoms with Crippen LogP contribution in [0.4, 0.5) is 5.69 Å². The summed E-state index contributed by atoms with van der Waals surface area (Å²) in [6, 6.07) is 4.00. The molecule has 0 amide bonds. The Morgan fingerprint density at radius 2 is 1.87 bits per heavy atom. The van der Waals surface area contributed by atoms with E-state index in [4.69, 9.17) is 5.73 Å². The summed E-state index contributed by atoms with van der Waals surface area (Å²) in [4.78, 5) is 0. The lowest BCUT2D eigenvalue weighted by molar-refractivity contribution is 1.43. The van der Waals surface area contributed by atoms with Crippen LogP contribution < -0.4 is 5.73 Å². The number of hydrogen-bond donors (Lipinski definition) is 1. The van der Waals surface area contributed by atoms with Gasteiger partial charge in [0.2, 0.25) is 0 Å². The van der Waals surface area contributed by atoms with E-state index in [1.54, 1.807) is 0 Å². The lowest BCUT2D eigenvalue weighted by atomic mass is 10.1. The van der Waals surface area contributed by atoms with E-state index in [0.29, 0.717) is 0 Å². The molecule has 80 valence electrons. The second kappa shape index (κ2) is 4.42. The average molecular weight is 282 g/mol. The van der Waals surface area contributed by atoms with Crippen LogP contribution in [0.3, 0.4) is 0 Å². The number of aryl methyl sites for hydroxylation is 1. The van der Waals surface area contributed by atoms with E-state index in [9.17, 15) is 0 Å². The minimum absolute atomic E-state index is 0.757. The highest BCUT2D eigenvalue weighted by atomic mass is 79.9. The first-order valence-corrected chi connectivity index (χ1v) is 9.18. The molecular formula is C12H16BrNSi. The first-order chi connectivity index (χ1) is 6.79. The molecule has 1 rings (SSSR count). The number of nitrogen functional groups attached to an aromatic ring is 1. The van der Waals surface area contributed by atoms with Crippen LogP contribution in [0.1, 0.15) is 11.1 Å². The molecule has 0 aliphatic carbocycles. The Kier molecular flexibility index (Phi) is 3.64. The van der Waals surface area contributed by atoms with Crippen molar-refractivity contribution in [2.75, 3.05) is 5.73 Å². The van der Waals surface area contributed by atoms with Crippen molar-refractivity contribution in [2.45, 2.75) is 26.6 Å². The van der Waals surface area contributed by atoms with Crippen LogP contribution in [0.15, 0.2) is 16.6 Å². The van der Waals surface area contributed by atoms with Crippen molar-refractivity contribution in [2.24, 2.45) is 0 Å². The smallest absolute Gasteiger partial charge is 0.129 e. The third-order valence-corrected chi connectivity index (χ3v) is 3.33. The molecule has 3 heteroatoms. The lowest BCUT2D eigenvalue weighted by Gasteiger charge is -2.06. The molecule has 2 N–H and O–H groups in total. The summed E-state index contributed by atoms with van der Waals surface area (Å²) in [6.45, 7) is 8.69. The Morgan fingerprint density at radius 1 is 1.27 bits per heavy atom. The zero-order valence-electron chi connectivity index (χ0n) is 9.61. The molecule has 1 nitrogen and oxygen atoms in total. The molecule has 0 atom stereocenters. The summed E-state index contributed by atoms with van der Waals surface area (Å²) in [7, 11) is -1.34. The summed E-state index contributed by atoms with van der Waals surface area (Å²) in [5.41, 5.74) is 12.1. The van der Waals surface area contributed by atoms with Gasteiger partial charge in [0, 0.05) is 10.2 Å². The van der Waals surface area contributed by atoms with Crippen LogP contribution in [0.2, 0.25) is 19.6 Å². The van der Waals surface area contributed by atoms with E-state index in [1.165, 1.54) is 0 Å². The molecule has 15 heavy (non-hydrogen) atoms. The van der Waals surface area contributed by atoms with E-state index < -0.39 is 8.07 Å². The zero-order chi connectivity index (χ0) is 11.6. The maximum atomic E-state index is 5.93. The average Bonchev–Trinajstić information content (AvgIpc) is 1.99. The van der Waals surface area contributed by atoms with Gasteiger partial charge in [-0.25, -0.2) is 0 Å². The molecule has 0 fully saturated rings. The second-order valence-corrected chi connectivity index (χ2v) is 10.3. The fourth-order valence-corrected chi connectivity index (χ4v) is 2.34. The minimum atomic E-state index is -1.34. The Morgan fingerprint density at radius 3 is 2.33 bits per heavy atom. The monoisotopic (exact) mass is 281 g/mol. The molecule has 0 aliphatic heterocycles. The molecule has 1 aromatic rings. The fourth-order valence-electron chi connectivity index (χ4n) is 1.15. The summed E-state index contributed by atoms with van der Waals surface area (Å²) in [5, 5.41) is 0. The van der Waals surface area contributed by atoms with Gasteiger partial charge < -0.3 is 5.73 Å². The number of nitrogens with two attached hydrogens (primary N) is 1. The number of anilines is 1. The SMILES string of the molecule is Cc1cc(N)c(C#C[Si](C)(C)C)c(Br)c1. The maximum absolute atomic E-state index is 5.93. The molecule has 0 spiro atoms. The van der Waals surface area contributed by atoms with Crippen molar-refractivity contribution in [3.05, 3.63) is 27.7 Å². The first kappa shape index (κ1) is 12.3. The normalized spacial score (nSPS) is 10.7. The molecule has 0 bridgehead atoms. The van der Waals surface area contributed by atoms with Gasteiger partial charge in [-0.1, -0.05) is 25.6 Å². The number of rotatable bonds is 0. The first-order valence-electron chi connectivity index (χ1n) is 4.88. The third-order valence-electron chi connectivity index (χ3n) is 1.83. The molecule has 0 saturated heterocycles. The van der Waals surface area contributed by atoms with Gasteiger partial charge in [-0.15, -0.1) is 5.54 Å². The van der Waals surface area contributed by atoms with Gasteiger partial charge in [0.25, 0.3) is 0 Å². The molecule has 0 aromatic heterocycles. The molecule has 0 saturated carbocycles. The summed E-state index contributed by atoms with van der Waals surface area (Å²) in [5.74, 6) is 3.19. The second-order valence-electron chi connectivity index (χ2n) is 4.71. The van der Waals surface area contributed by atoms with Crippen LogP contribution in [0.25, 0.3) is 0 Å². The largest absolute Gasteiger partial charge is 0.398 e. The van der Waals surface area contributed by atoms with Crippen molar-refractivity contribution in [3.8, 4) is 11.5 Å². The van der Waals surface area contributed by atoms with Crippen LogP contribution in [-0.2, 0) is 0 Å². The Balaban J connectivity index is 3.20. The molecule has 1 aromatic carbocycles. The van der Waals surface area contributed by atoms with Gasteiger partial charge in [0.15, 0.2) is 0 Å². The third kappa shape index (κ3) is 3.73. The minimum Gasteiger partial charge on any atom is -0.398 e. The Labute approximate surface area is 101 Å². The Hall–Kier alpha value is -0.723. The topological polar surface area (TPSA) is 26.0 Å². The molecule has 0 aliphatic rings. The number of halogens is 1. The lowest BCUT2D eigenvalue weighted by Crippen LogP contribution is -2.16. The van der Waals surface area contributed by atoms with E-state index in [-0.39, 0.29) is 0 Å². The highest BCUT2D eigenvalue weighted by Gasteiger charge is 2.09. The van der Waals surface area contributed by atoms with E-state index in [1.807, 2.05) is 19.1 Å². The molecule has 0 unspecified atom stereocenters. The van der Waals surface area contributed by atoms with Crippen LogP contribution in [0, 0.1) is 18.4 Å². The van der Waals surface area contributed by atoms with Gasteiger partial charge >= 0.3 is 0 Å². The number of hydrogen-bond acceptors (Lipinski definition) is 1. The zero-order valence-corrected chi connectivity index (χ0v) is 12.2. The van der Waals surface area contributed by atoms with Gasteiger partial charge in [-0.05, 0) is 40.5 Å². The van der Waals surface area contributed by atoms with Gasteiger partial charge in [0.05, 0.1) is 5.56 Å². The van der Waals surface area contributed by atoms with Crippen molar-refractivity contribution >= 4 is 29.7 Å². The highest BCUT2D eigenvalue weighted by Crippen LogP contribution is 2.23. The van der Waals surface area contributed by atoms with Crippen molar-refractivity contribution in [3.63, 3.8) is 0 Å². The van der Waals surface area contributed by atoms with Gasteiger partial charge in [0.1, 0.15) is 8.07 Å². The molecule has 0 radical (unpaired) electrons. The van der Waals surface area contributed by atoms with Crippen molar-refractivity contribution in [1.29, 1.82) is 0 Å². The Bertz CT molecular complexity index is 412. The van der Waals surface area contributed by atoms with Gasteiger partial charge in [-0.2, -0.15) is 0 Å². The van der Waals surface area contributed by atoms with Crippen molar-refractivity contribution < 1.29 is 0 Å². The van der Waals surface area contributed by atoms with Crippen molar-refractivity contribution in [1.82, 2.24) is 0 Å². The molecular weight excluding hydrogens is 266 g/mol. The fraction of sp³-hybridized carbons (Fsp3) is 0.333. The van der Waals surface area contributed by atoms with Crippen LogP contribution in [0.5, 0.6) is 0 Å². The van der Waals surface area contributed by atoms with E-state index in [0.717, 1.165) is 21.3 Å². The predicted molar refractivity (Wildman–Crippen MR) is 73.5 cm³/mol. The highest BCUT2D eigenvalue weighted by molar-refractivity contribution is 9.10. The number of benzene rings is 1. The van der Waals surface area contributed by atoms with Gasteiger partial charge in [-0.3, -0.25) is 0 Å². The summed E-state index contributed by atoms with van der Waals surface area (Å²) < 4.78 is 0.991. The van der Waals surface area contributed by atoms with E-state index in [2.05, 4.69) is 47.0 Å². The molecule has 0 heterocycles. The summed E-state index contributed by atoms with van der Waals surface area (Å²) in [6.07, 6.45) is 0. The van der Waals surface area contributed by atoms with Crippen LogP contribution >= 0.6 is 15.9 Å². The van der Waals surface area contributed by atoms with Crippen LogP contribution in [-0.4, -0.2) is 8.07 Å².